The van der Waals surface area contributed by atoms with Crippen LogP contribution in [0.5, 0.6) is 0 Å². The minimum absolute atomic E-state index is 0.0166. The Balaban J connectivity index is 1.17. The summed E-state index contributed by atoms with van der Waals surface area (Å²) in [5.41, 5.74) is 4.83. The standard InChI is InChI=1S/C39H44N2O2S/c1-29(2)12-11-19-37(42)38(30-13-5-3-6-14-30)31-24-26-41(27-25-31)34-22-20-33(21-23-34)40-39(43)36-18-10-9-15-32(36)28-44-35-16-7-4-8-17-35/h3-10,13-18,20-23,29,31,38H,11-12,19,24-28H2,1-2H3,(H,40,43). The second-order valence-electron chi connectivity index (χ2n) is 12.2. The van der Waals surface area contributed by atoms with E-state index in [1.54, 1.807) is 11.8 Å². The van der Waals surface area contributed by atoms with E-state index in [0.717, 1.165) is 61.5 Å². The molecule has 0 bridgehead atoms. The SMILES string of the molecule is CC(C)CCCC(=O)C(c1ccccc1)C1CCN(c2ccc(NC(=O)c3ccccc3CSc3ccccc3)cc2)CC1. The Morgan fingerprint density at radius 3 is 2.14 bits per heavy atom. The molecule has 0 saturated carbocycles. The predicted octanol–water partition coefficient (Wildman–Crippen LogP) is 9.63. The molecule has 228 valence electrons. The largest absolute Gasteiger partial charge is 0.372 e. The fourth-order valence-electron chi connectivity index (χ4n) is 6.21. The van der Waals surface area contributed by atoms with Crippen molar-refractivity contribution in [2.75, 3.05) is 23.3 Å². The first kappa shape index (κ1) is 31.6. The number of anilines is 2. The monoisotopic (exact) mass is 604 g/mol. The van der Waals surface area contributed by atoms with Crippen LogP contribution in [0.15, 0.2) is 114 Å². The number of nitrogens with one attached hydrogen (secondary N) is 1. The molecule has 0 radical (unpaired) electrons. The van der Waals surface area contributed by atoms with Crippen LogP contribution in [0, 0.1) is 11.8 Å². The van der Waals surface area contributed by atoms with E-state index in [2.05, 4.69) is 72.6 Å². The first-order chi connectivity index (χ1) is 21.5. The van der Waals surface area contributed by atoms with E-state index in [9.17, 15) is 9.59 Å². The number of piperidine rings is 1. The van der Waals surface area contributed by atoms with Crippen LogP contribution in [-0.2, 0) is 10.5 Å². The van der Waals surface area contributed by atoms with E-state index in [1.165, 1.54) is 10.5 Å². The molecule has 1 fully saturated rings. The number of Topliss-reactive ketones (excluding diaryl/α,β-unsaturated/α-hetero) is 1. The summed E-state index contributed by atoms with van der Waals surface area (Å²) in [6, 6.07) is 36.7. The fourth-order valence-corrected chi connectivity index (χ4v) is 7.14. The second-order valence-corrected chi connectivity index (χ2v) is 13.3. The van der Waals surface area contributed by atoms with E-state index >= 15 is 0 Å². The first-order valence-electron chi connectivity index (χ1n) is 16.0. The number of carbonyl (C=O) groups excluding carboxylic acids is 2. The van der Waals surface area contributed by atoms with Gasteiger partial charge in [0.15, 0.2) is 0 Å². The van der Waals surface area contributed by atoms with Gasteiger partial charge in [0, 0.05) is 53.0 Å². The average Bonchev–Trinajstić information content (AvgIpc) is 3.05. The van der Waals surface area contributed by atoms with Gasteiger partial charge in [-0.3, -0.25) is 9.59 Å². The number of benzene rings is 4. The van der Waals surface area contributed by atoms with E-state index in [1.807, 2.05) is 60.7 Å². The molecule has 4 aromatic carbocycles. The Morgan fingerprint density at radius 2 is 1.45 bits per heavy atom. The number of nitrogens with zero attached hydrogens (tertiary/aromatic N) is 1. The van der Waals surface area contributed by atoms with Gasteiger partial charge >= 0.3 is 0 Å². The molecule has 1 heterocycles. The summed E-state index contributed by atoms with van der Waals surface area (Å²) in [5.74, 6) is 2.01. The number of hydrogen-bond acceptors (Lipinski definition) is 4. The maximum Gasteiger partial charge on any atom is 0.255 e. The zero-order valence-corrected chi connectivity index (χ0v) is 26.8. The van der Waals surface area contributed by atoms with Crippen molar-refractivity contribution in [2.45, 2.75) is 62.5 Å². The van der Waals surface area contributed by atoms with Crippen LogP contribution in [0.2, 0.25) is 0 Å². The molecule has 44 heavy (non-hydrogen) atoms. The highest BCUT2D eigenvalue weighted by atomic mass is 32.2. The average molecular weight is 605 g/mol. The fraction of sp³-hybridized carbons (Fsp3) is 0.333. The molecule has 4 nitrogen and oxygen atoms in total. The molecule has 1 aliphatic heterocycles. The van der Waals surface area contributed by atoms with Crippen molar-refractivity contribution >= 4 is 34.8 Å². The number of carbonyl (C=O) groups is 2. The van der Waals surface area contributed by atoms with Crippen LogP contribution in [0.1, 0.15) is 73.4 Å². The van der Waals surface area contributed by atoms with Crippen LogP contribution in [0.3, 0.4) is 0 Å². The van der Waals surface area contributed by atoms with Gasteiger partial charge < -0.3 is 10.2 Å². The highest BCUT2D eigenvalue weighted by molar-refractivity contribution is 7.98. The van der Waals surface area contributed by atoms with Crippen LogP contribution in [0.25, 0.3) is 0 Å². The van der Waals surface area contributed by atoms with E-state index in [0.29, 0.717) is 29.6 Å². The number of hydrogen-bond donors (Lipinski definition) is 1. The molecule has 0 aromatic heterocycles. The molecule has 5 heteroatoms. The van der Waals surface area contributed by atoms with Gasteiger partial charge in [0.2, 0.25) is 0 Å². The Bertz CT molecular complexity index is 1480. The maximum absolute atomic E-state index is 13.5. The number of amides is 1. The lowest BCUT2D eigenvalue weighted by molar-refractivity contribution is -0.122. The molecule has 1 atom stereocenters. The summed E-state index contributed by atoms with van der Waals surface area (Å²) < 4.78 is 0. The highest BCUT2D eigenvalue weighted by Crippen LogP contribution is 2.36. The van der Waals surface area contributed by atoms with Gasteiger partial charge in [-0.05, 0) is 84.7 Å². The van der Waals surface area contributed by atoms with Crippen LogP contribution in [-0.4, -0.2) is 24.8 Å². The lowest BCUT2D eigenvalue weighted by Gasteiger charge is -2.37. The van der Waals surface area contributed by atoms with Crippen molar-refractivity contribution in [3.05, 3.63) is 126 Å². The normalized spacial score (nSPS) is 14.4. The lowest BCUT2D eigenvalue weighted by atomic mass is 9.76. The van der Waals surface area contributed by atoms with E-state index in [4.69, 9.17) is 0 Å². The molecular weight excluding hydrogens is 561 g/mol. The molecule has 1 amide bonds. The van der Waals surface area contributed by atoms with Crippen LogP contribution in [0.4, 0.5) is 11.4 Å². The van der Waals surface area contributed by atoms with Crippen LogP contribution >= 0.6 is 11.8 Å². The van der Waals surface area contributed by atoms with Crippen molar-refractivity contribution in [1.82, 2.24) is 0 Å². The van der Waals surface area contributed by atoms with Gasteiger partial charge in [0.25, 0.3) is 5.91 Å². The molecule has 4 aromatic rings. The predicted molar refractivity (Wildman–Crippen MR) is 185 cm³/mol. The number of ketones is 1. The smallest absolute Gasteiger partial charge is 0.255 e. The van der Waals surface area contributed by atoms with Crippen molar-refractivity contribution in [2.24, 2.45) is 11.8 Å². The molecule has 1 aliphatic rings. The maximum atomic E-state index is 13.5. The quantitative estimate of drug-likeness (QED) is 0.154. The molecule has 1 saturated heterocycles. The van der Waals surface area contributed by atoms with Gasteiger partial charge in [-0.15, -0.1) is 11.8 Å². The lowest BCUT2D eigenvalue weighted by Crippen LogP contribution is -2.37. The van der Waals surface area contributed by atoms with Gasteiger partial charge in [0.05, 0.1) is 0 Å². The van der Waals surface area contributed by atoms with Gasteiger partial charge in [0.1, 0.15) is 5.78 Å². The Labute approximate surface area is 267 Å². The Hall–Kier alpha value is -3.83. The Kier molecular flexibility index (Phi) is 11.3. The van der Waals surface area contributed by atoms with Crippen molar-refractivity contribution in [3.63, 3.8) is 0 Å². The van der Waals surface area contributed by atoms with Crippen LogP contribution < -0.4 is 10.2 Å². The molecule has 0 aliphatic carbocycles. The zero-order chi connectivity index (χ0) is 30.7. The topological polar surface area (TPSA) is 49.4 Å². The minimum atomic E-state index is -0.0900. The third kappa shape index (κ3) is 8.63. The van der Waals surface area contributed by atoms with Crippen molar-refractivity contribution in [1.29, 1.82) is 0 Å². The van der Waals surface area contributed by atoms with Gasteiger partial charge in [-0.25, -0.2) is 0 Å². The van der Waals surface area contributed by atoms with Gasteiger partial charge in [-0.1, -0.05) is 87.0 Å². The van der Waals surface area contributed by atoms with Crippen molar-refractivity contribution < 1.29 is 9.59 Å². The first-order valence-corrected chi connectivity index (χ1v) is 17.0. The third-order valence-corrected chi connectivity index (χ3v) is 9.67. The molecule has 5 rings (SSSR count). The van der Waals surface area contributed by atoms with E-state index < -0.39 is 0 Å². The summed E-state index contributed by atoms with van der Waals surface area (Å²) in [4.78, 5) is 30.3. The summed E-state index contributed by atoms with van der Waals surface area (Å²) in [6.07, 6.45) is 4.72. The summed E-state index contributed by atoms with van der Waals surface area (Å²) in [7, 11) is 0. The zero-order valence-electron chi connectivity index (χ0n) is 26.0. The second kappa shape index (κ2) is 15.8. The number of thioether (sulfide) groups is 1. The highest BCUT2D eigenvalue weighted by Gasteiger charge is 2.32. The summed E-state index contributed by atoms with van der Waals surface area (Å²) >= 11 is 1.73. The van der Waals surface area contributed by atoms with Gasteiger partial charge in [-0.2, -0.15) is 0 Å². The molecule has 0 spiro atoms. The molecular formula is C39H44N2O2S. The summed E-state index contributed by atoms with van der Waals surface area (Å²) in [6.45, 7) is 6.29. The minimum Gasteiger partial charge on any atom is -0.372 e. The Morgan fingerprint density at radius 1 is 0.818 bits per heavy atom. The summed E-state index contributed by atoms with van der Waals surface area (Å²) in [5, 5.41) is 3.10. The molecule has 1 unspecified atom stereocenters. The molecule has 1 N–H and O–H groups in total. The van der Waals surface area contributed by atoms with Crippen molar-refractivity contribution in [3.8, 4) is 0 Å². The number of rotatable bonds is 13. The third-order valence-electron chi connectivity index (χ3n) is 8.61. The van der Waals surface area contributed by atoms with E-state index in [-0.39, 0.29) is 11.8 Å².